The first-order valence-electron chi connectivity index (χ1n) is 5.38. The van der Waals surface area contributed by atoms with Gasteiger partial charge in [0, 0.05) is 16.3 Å². The van der Waals surface area contributed by atoms with Crippen molar-refractivity contribution in [3.05, 3.63) is 34.1 Å². The van der Waals surface area contributed by atoms with Crippen molar-refractivity contribution in [1.82, 2.24) is 0 Å². The fourth-order valence-corrected chi connectivity index (χ4v) is 2.83. The zero-order valence-electron chi connectivity index (χ0n) is 9.39. The Morgan fingerprint density at radius 3 is 2.56 bits per heavy atom. The second-order valence-electron chi connectivity index (χ2n) is 5.12. The van der Waals surface area contributed by atoms with E-state index in [0.29, 0.717) is 6.42 Å². The smallest absolute Gasteiger partial charge is 0.139 e. The van der Waals surface area contributed by atoms with Gasteiger partial charge in [0.1, 0.15) is 11.6 Å². The lowest BCUT2D eigenvalue weighted by Gasteiger charge is -2.15. The summed E-state index contributed by atoms with van der Waals surface area (Å²) in [6.07, 6.45) is 1.34. The second-order valence-corrected chi connectivity index (χ2v) is 6.03. The second kappa shape index (κ2) is 3.95. The largest absolute Gasteiger partial charge is 0.299 e. The Balaban J connectivity index is 2.30. The van der Waals surface area contributed by atoms with Gasteiger partial charge in [-0.1, -0.05) is 29.8 Å². The summed E-state index contributed by atoms with van der Waals surface area (Å²) in [5, 5.41) is 0. The predicted molar refractivity (Wildman–Crippen MR) is 64.9 cm³/mol. The molecule has 0 N–H and O–H groups in total. The fraction of sp³-hybridized carbons (Fsp3) is 0.462. The van der Waals surface area contributed by atoms with Crippen molar-refractivity contribution >= 4 is 21.7 Å². The molecule has 1 aliphatic carbocycles. The fourth-order valence-electron chi connectivity index (χ4n) is 2.35. The molecule has 0 aromatic heterocycles. The highest BCUT2D eigenvalue weighted by atomic mass is 79.9. The molecule has 0 aliphatic heterocycles. The third-order valence-corrected chi connectivity index (χ3v) is 3.76. The minimum atomic E-state index is -0.260. The van der Waals surface area contributed by atoms with Crippen molar-refractivity contribution in [3.8, 4) is 0 Å². The van der Waals surface area contributed by atoms with Gasteiger partial charge in [-0.25, -0.2) is 4.39 Å². The van der Waals surface area contributed by atoms with Gasteiger partial charge in [-0.15, -0.1) is 0 Å². The molecule has 1 fully saturated rings. The van der Waals surface area contributed by atoms with E-state index in [4.69, 9.17) is 0 Å². The molecule has 0 saturated heterocycles. The Kier molecular flexibility index (Phi) is 2.91. The summed E-state index contributed by atoms with van der Waals surface area (Å²) >= 11 is 3.28. The Hall–Kier alpha value is -0.700. The third-order valence-electron chi connectivity index (χ3n) is 3.30. The summed E-state index contributed by atoms with van der Waals surface area (Å²) < 4.78 is 14.0. The number of ketones is 1. The molecule has 0 radical (unpaired) electrons. The highest BCUT2D eigenvalue weighted by molar-refractivity contribution is 9.10. The lowest BCUT2D eigenvalue weighted by atomic mass is 9.88. The van der Waals surface area contributed by atoms with E-state index < -0.39 is 0 Å². The Morgan fingerprint density at radius 1 is 1.38 bits per heavy atom. The summed E-state index contributed by atoms with van der Waals surface area (Å²) in [7, 11) is 0. The number of hydrogen-bond donors (Lipinski definition) is 0. The van der Waals surface area contributed by atoms with E-state index in [1.807, 2.05) is 19.9 Å². The van der Waals surface area contributed by atoms with Gasteiger partial charge in [-0.05, 0) is 36.1 Å². The minimum absolute atomic E-state index is 0.162. The van der Waals surface area contributed by atoms with Crippen LogP contribution >= 0.6 is 15.9 Å². The molecule has 0 amide bonds. The molecule has 0 spiro atoms. The van der Waals surface area contributed by atoms with E-state index in [1.165, 1.54) is 12.1 Å². The molecule has 2 rings (SSSR count). The van der Waals surface area contributed by atoms with Crippen LogP contribution in [0.3, 0.4) is 0 Å². The van der Waals surface area contributed by atoms with Crippen LogP contribution in [0.5, 0.6) is 0 Å². The van der Waals surface area contributed by atoms with Gasteiger partial charge in [0.2, 0.25) is 0 Å². The molecule has 1 aromatic rings. The standard InChI is InChI=1S/C13H14BrFO/c1-13(2)7-9(5-12(13)16)8-3-10(14)6-11(15)4-8/h3-4,6,9H,5,7H2,1-2H3. The van der Waals surface area contributed by atoms with Crippen molar-refractivity contribution < 1.29 is 9.18 Å². The molecule has 1 atom stereocenters. The number of Topliss-reactive ketones (excluding diaryl/α,β-unsaturated/α-hetero) is 1. The topological polar surface area (TPSA) is 17.1 Å². The SMILES string of the molecule is CC1(C)CC(c2cc(F)cc(Br)c2)CC1=O. The molecule has 0 bridgehead atoms. The summed E-state index contributed by atoms with van der Waals surface area (Å²) in [6, 6.07) is 4.87. The van der Waals surface area contributed by atoms with E-state index in [1.54, 1.807) is 0 Å². The maximum atomic E-state index is 13.3. The van der Waals surface area contributed by atoms with E-state index in [0.717, 1.165) is 16.5 Å². The summed E-state index contributed by atoms with van der Waals surface area (Å²) in [6.45, 7) is 3.92. The van der Waals surface area contributed by atoms with Crippen LogP contribution in [0, 0.1) is 11.2 Å². The monoisotopic (exact) mass is 284 g/mol. The van der Waals surface area contributed by atoms with Gasteiger partial charge in [0.15, 0.2) is 0 Å². The van der Waals surface area contributed by atoms with Gasteiger partial charge in [-0.3, -0.25) is 4.79 Å². The van der Waals surface area contributed by atoms with Crippen LogP contribution in [0.4, 0.5) is 4.39 Å². The number of hydrogen-bond acceptors (Lipinski definition) is 1. The van der Waals surface area contributed by atoms with Crippen LogP contribution in [0.25, 0.3) is 0 Å². The maximum Gasteiger partial charge on any atom is 0.139 e. The van der Waals surface area contributed by atoms with E-state index in [-0.39, 0.29) is 22.9 Å². The van der Waals surface area contributed by atoms with Crippen molar-refractivity contribution in [3.63, 3.8) is 0 Å². The maximum absolute atomic E-state index is 13.3. The molecule has 1 saturated carbocycles. The van der Waals surface area contributed by atoms with E-state index >= 15 is 0 Å². The lowest BCUT2D eigenvalue weighted by molar-refractivity contribution is -0.124. The van der Waals surface area contributed by atoms with Crippen LogP contribution in [-0.2, 0) is 4.79 Å². The van der Waals surface area contributed by atoms with Crippen LogP contribution < -0.4 is 0 Å². The van der Waals surface area contributed by atoms with Gasteiger partial charge in [0.05, 0.1) is 0 Å². The van der Waals surface area contributed by atoms with Crippen molar-refractivity contribution in [1.29, 1.82) is 0 Å². The highest BCUT2D eigenvalue weighted by Crippen LogP contribution is 2.43. The van der Waals surface area contributed by atoms with Gasteiger partial charge in [-0.2, -0.15) is 0 Å². The molecule has 1 nitrogen and oxygen atoms in total. The van der Waals surface area contributed by atoms with Gasteiger partial charge >= 0.3 is 0 Å². The first-order chi connectivity index (χ1) is 7.38. The minimum Gasteiger partial charge on any atom is -0.299 e. The summed E-state index contributed by atoms with van der Waals surface area (Å²) in [5.41, 5.74) is 0.662. The first kappa shape index (κ1) is 11.8. The number of carbonyl (C=O) groups is 1. The normalized spacial score (nSPS) is 23.8. The summed E-state index contributed by atoms with van der Waals surface area (Å²) in [5.74, 6) is 0.189. The number of carbonyl (C=O) groups excluding carboxylic acids is 1. The molecule has 16 heavy (non-hydrogen) atoms. The molecule has 86 valence electrons. The average Bonchev–Trinajstić information content (AvgIpc) is 2.40. The number of halogens is 2. The van der Waals surface area contributed by atoms with Crippen molar-refractivity contribution in [2.45, 2.75) is 32.6 Å². The molecule has 1 aliphatic rings. The van der Waals surface area contributed by atoms with Crippen molar-refractivity contribution in [2.75, 3.05) is 0 Å². The first-order valence-corrected chi connectivity index (χ1v) is 6.17. The van der Waals surface area contributed by atoms with Gasteiger partial charge < -0.3 is 0 Å². The number of rotatable bonds is 1. The number of benzene rings is 1. The predicted octanol–water partition coefficient (Wildman–Crippen LogP) is 4.06. The Morgan fingerprint density at radius 2 is 2.06 bits per heavy atom. The third kappa shape index (κ3) is 2.19. The average molecular weight is 285 g/mol. The molecule has 3 heteroatoms. The quantitative estimate of drug-likeness (QED) is 0.760. The lowest BCUT2D eigenvalue weighted by Crippen LogP contribution is -2.15. The van der Waals surface area contributed by atoms with Crippen LogP contribution in [0.1, 0.15) is 38.2 Å². The molecule has 1 aromatic carbocycles. The molecule has 1 unspecified atom stereocenters. The zero-order chi connectivity index (χ0) is 11.9. The Bertz CT molecular complexity index is 419. The van der Waals surface area contributed by atoms with E-state index in [9.17, 15) is 9.18 Å². The van der Waals surface area contributed by atoms with E-state index in [2.05, 4.69) is 15.9 Å². The molecular weight excluding hydrogens is 271 g/mol. The van der Waals surface area contributed by atoms with Gasteiger partial charge in [0.25, 0.3) is 0 Å². The zero-order valence-corrected chi connectivity index (χ0v) is 11.0. The summed E-state index contributed by atoms with van der Waals surface area (Å²) in [4.78, 5) is 11.7. The molecule has 0 heterocycles. The molecular formula is C13H14BrFO. The van der Waals surface area contributed by atoms with Crippen LogP contribution in [0.15, 0.2) is 22.7 Å². The van der Waals surface area contributed by atoms with Crippen LogP contribution in [-0.4, -0.2) is 5.78 Å². The van der Waals surface area contributed by atoms with Crippen LogP contribution in [0.2, 0.25) is 0 Å². The van der Waals surface area contributed by atoms with Crippen molar-refractivity contribution in [2.24, 2.45) is 5.41 Å². The Labute approximate surface area is 103 Å². The highest BCUT2D eigenvalue weighted by Gasteiger charge is 2.39.